The summed E-state index contributed by atoms with van der Waals surface area (Å²) < 4.78 is 38.2. The summed E-state index contributed by atoms with van der Waals surface area (Å²) in [5.74, 6) is 2.67. The number of aryl methyl sites for hydroxylation is 1. The molecule has 0 aliphatic heterocycles. The number of hydrogen-bond donors (Lipinski definition) is 0. The van der Waals surface area contributed by atoms with Crippen molar-refractivity contribution in [2.75, 3.05) is 19.5 Å². The molecule has 9 heteroatoms. The van der Waals surface area contributed by atoms with Gasteiger partial charge in [0.05, 0.1) is 18.6 Å². The highest BCUT2D eigenvalue weighted by Crippen LogP contribution is 2.22. The fraction of sp³-hybridized carbons (Fsp3) is 0.364. The number of thioether (sulfide) groups is 1. The Bertz CT molecular complexity index is 1080. The molecule has 0 aliphatic carbocycles. The predicted molar refractivity (Wildman–Crippen MR) is 122 cm³/mol. The maximum Gasteiger partial charge on any atom is 0.191 e. The van der Waals surface area contributed by atoms with Crippen LogP contribution in [0.5, 0.6) is 11.5 Å². The number of benzene rings is 2. The number of sulfone groups is 1. The lowest BCUT2D eigenvalue weighted by Crippen LogP contribution is -2.11. The zero-order valence-electron chi connectivity index (χ0n) is 17.9. The molecule has 0 N–H and O–H groups in total. The molecule has 1 heterocycles. The average Bonchev–Trinajstić information content (AvgIpc) is 3.14. The Balaban J connectivity index is 1.54. The van der Waals surface area contributed by atoms with Crippen molar-refractivity contribution in [2.45, 2.75) is 42.6 Å². The van der Waals surface area contributed by atoms with Crippen molar-refractivity contribution >= 4 is 21.6 Å². The number of hydrogen-bond acceptors (Lipinski definition) is 7. The van der Waals surface area contributed by atoms with Crippen LogP contribution in [0.25, 0.3) is 0 Å². The molecule has 0 spiro atoms. The quantitative estimate of drug-likeness (QED) is 0.313. The van der Waals surface area contributed by atoms with Crippen LogP contribution in [0, 0.1) is 6.92 Å². The van der Waals surface area contributed by atoms with Gasteiger partial charge >= 0.3 is 0 Å². The normalized spacial score (nSPS) is 11.5. The minimum Gasteiger partial charge on any atom is -0.497 e. The second kappa shape index (κ2) is 10.7. The lowest BCUT2D eigenvalue weighted by molar-refractivity contribution is 0.318. The van der Waals surface area contributed by atoms with Crippen LogP contribution in [0.1, 0.15) is 24.7 Å². The largest absolute Gasteiger partial charge is 0.497 e. The fourth-order valence-corrected chi connectivity index (χ4v) is 5.14. The first kappa shape index (κ1) is 23.1. The molecule has 3 rings (SSSR count). The molecule has 2 aromatic carbocycles. The van der Waals surface area contributed by atoms with E-state index in [0.717, 1.165) is 34.4 Å². The highest BCUT2D eigenvalue weighted by Gasteiger charge is 2.21. The van der Waals surface area contributed by atoms with Gasteiger partial charge in [-0.05, 0) is 56.7 Å². The number of nitrogens with zero attached hydrogens (tertiary/aromatic N) is 3. The summed E-state index contributed by atoms with van der Waals surface area (Å²) in [5.41, 5.74) is 1.02. The second-order valence-electron chi connectivity index (χ2n) is 6.94. The van der Waals surface area contributed by atoms with Crippen LogP contribution >= 0.6 is 11.8 Å². The standard InChI is InChI=1S/C22H27N3O4S2/c1-4-25-21(16-31(26,27)20-12-6-17(2)7-13-20)23-24-22(25)30-15-5-14-29-19-10-8-18(28-3)9-11-19/h6-13H,4-5,14-16H2,1-3H3. The van der Waals surface area contributed by atoms with Gasteiger partial charge in [0.2, 0.25) is 0 Å². The third-order valence-electron chi connectivity index (χ3n) is 4.66. The van der Waals surface area contributed by atoms with E-state index in [9.17, 15) is 8.42 Å². The summed E-state index contributed by atoms with van der Waals surface area (Å²) in [5, 5.41) is 9.08. The predicted octanol–water partition coefficient (Wildman–Crippen LogP) is 4.15. The van der Waals surface area contributed by atoms with Gasteiger partial charge in [-0.2, -0.15) is 0 Å². The van der Waals surface area contributed by atoms with Crippen molar-refractivity contribution in [2.24, 2.45) is 0 Å². The Labute approximate surface area is 187 Å². The Morgan fingerprint density at radius 1 is 1.00 bits per heavy atom. The molecule has 7 nitrogen and oxygen atoms in total. The molecule has 0 saturated carbocycles. The Morgan fingerprint density at radius 3 is 2.32 bits per heavy atom. The molecular weight excluding hydrogens is 434 g/mol. The van der Waals surface area contributed by atoms with Gasteiger partial charge in [-0.3, -0.25) is 0 Å². The van der Waals surface area contributed by atoms with Gasteiger partial charge in [0.1, 0.15) is 23.1 Å². The highest BCUT2D eigenvalue weighted by molar-refractivity contribution is 7.99. The van der Waals surface area contributed by atoms with E-state index in [1.807, 2.05) is 42.7 Å². The maximum atomic E-state index is 12.8. The Hall–Kier alpha value is -2.52. The van der Waals surface area contributed by atoms with Crippen LogP contribution in [0.2, 0.25) is 0 Å². The minimum atomic E-state index is -3.48. The molecule has 0 unspecified atom stereocenters. The molecule has 0 amide bonds. The average molecular weight is 462 g/mol. The molecule has 0 aliphatic rings. The number of methoxy groups -OCH3 is 1. The van der Waals surface area contributed by atoms with Crippen LogP contribution in [0.15, 0.2) is 58.6 Å². The van der Waals surface area contributed by atoms with E-state index in [1.165, 1.54) is 0 Å². The SMILES string of the molecule is CCn1c(CS(=O)(=O)c2ccc(C)cc2)nnc1SCCCOc1ccc(OC)cc1. The Kier molecular flexibility index (Phi) is 7.97. The van der Waals surface area contributed by atoms with E-state index in [0.29, 0.717) is 23.9 Å². The summed E-state index contributed by atoms with van der Waals surface area (Å²) in [6, 6.07) is 14.3. The molecular formula is C22H27N3O4S2. The summed E-state index contributed by atoms with van der Waals surface area (Å²) in [6.07, 6.45) is 0.824. The van der Waals surface area contributed by atoms with Crippen molar-refractivity contribution in [3.8, 4) is 11.5 Å². The van der Waals surface area contributed by atoms with Gasteiger partial charge in [-0.1, -0.05) is 29.5 Å². The van der Waals surface area contributed by atoms with Gasteiger partial charge in [-0.25, -0.2) is 8.42 Å². The second-order valence-corrected chi connectivity index (χ2v) is 9.99. The van der Waals surface area contributed by atoms with Gasteiger partial charge < -0.3 is 14.0 Å². The van der Waals surface area contributed by atoms with Gasteiger partial charge in [0, 0.05) is 12.3 Å². The van der Waals surface area contributed by atoms with Crippen LogP contribution in [0.3, 0.4) is 0 Å². The van der Waals surface area contributed by atoms with Crippen molar-refractivity contribution in [3.05, 3.63) is 59.9 Å². The van der Waals surface area contributed by atoms with E-state index in [-0.39, 0.29) is 5.75 Å². The zero-order chi connectivity index (χ0) is 22.3. The topological polar surface area (TPSA) is 83.3 Å². The molecule has 166 valence electrons. The first-order valence-corrected chi connectivity index (χ1v) is 12.7. The minimum absolute atomic E-state index is 0.169. The molecule has 0 saturated heterocycles. The van der Waals surface area contributed by atoms with Crippen LogP contribution in [0.4, 0.5) is 0 Å². The zero-order valence-corrected chi connectivity index (χ0v) is 19.6. The van der Waals surface area contributed by atoms with Gasteiger partial charge in [0.25, 0.3) is 0 Å². The molecule has 0 bridgehead atoms. The first-order chi connectivity index (χ1) is 14.9. The number of ether oxygens (including phenoxy) is 2. The monoisotopic (exact) mass is 461 g/mol. The van der Waals surface area contributed by atoms with Gasteiger partial charge in [0.15, 0.2) is 15.0 Å². The van der Waals surface area contributed by atoms with E-state index in [4.69, 9.17) is 9.47 Å². The molecule has 1 aromatic heterocycles. The third kappa shape index (κ3) is 6.24. The van der Waals surface area contributed by atoms with Crippen LogP contribution < -0.4 is 9.47 Å². The lowest BCUT2D eigenvalue weighted by atomic mass is 10.2. The summed E-state index contributed by atoms with van der Waals surface area (Å²) in [7, 11) is -1.85. The van der Waals surface area contributed by atoms with E-state index in [1.54, 1.807) is 43.1 Å². The summed E-state index contributed by atoms with van der Waals surface area (Å²) >= 11 is 1.55. The van der Waals surface area contributed by atoms with Crippen molar-refractivity contribution in [1.82, 2.24) is 14.8 Å². The number of aromatic nitrogens is 3. The van der Waals surface area contributed by atoms with Crippen LogP contribution in [-0.2, 0) is 22.1 Å². The summed E-state index contributed by atoms with van der Waals surface area (Å²) in [4.78, 5) is 0.300. The molecule has 0 fully saturated rings. The van der Waals surface area contributed by atoms with Crippen LogP contribution in [-0.4, -0.2) is 42.7 Å². The molecule has 31 heavy (non-hydrogen) atoms. The molecule has 0 radical (unpaired) electrons. The fourth-order valence-electron chi connectivity index (χ4n) is 2.93. The van der Waals surface area contributed by atoms with E-state index in [2.05, 4.69) is 10.2 Å². The molecule has 3 aromatic rings. The maximum absolute atomic E-state index is 12.8. The smallest absolute Gasteiger partial charge is 0.191 e. The third-order valence-corrected chi connectivity index (χ3v) is 7.34. The van der Waals surface area contributed by atoms with Crippen molar-refractivity contribution in [1.29, 1.82) is 0 Å². The Morgan fingerprint density at radius 2 is 1.68 bits per heavy atom. The van der Waals surface area contributed by atoms with Crippen molar-refractivity contribution in [3.63, 3.8) is 0 Å². The highest BCUT2D eigenvalue weighted by atomic mass is 32.2. The lowest BCUT2D eigenvalue weighted by Gasteiger charge is -2.09. The molecule has 0 atom stereocenters. The summed E-state index contributed by atoms with van der Waals surface area (Å²) in [6.45, 7) is 5.07. The first-order valence-electron chi connectivity index (χ1n) is 10.0. The van der Waals surface area contributed by atoms with Crippen molar-refractivity contribution < 1.29 is 17.9 Å². The van der Waals surface area contributed by atoms with Gasteiger partial charge in [-0.15, -0.1) is 10.2 Å². The van der Waals surface area contributed by atoms with E-state index >= 15 is 0 Å². The van der Waals surface area contributed by atoms with E-state index < -0.39 is 9.84 Å². The number of rotatable bonds is 11.